The van der Waals surface area contributed by atoms with Crippen molar-refractivity contribution in [1.29, 1.82) is 0 Å². The molecule has 0 aliphatic heterocycles. The van der Waals surface area contributed by atoms with Gasteiger partial charge in [-0.15, -0.1) is 0 Å². The molecule has 0 saturated carbocycles. The maximum Gasteiger partial charge on any atom is 0.142 e. The Labute approximate surface area is 133 Å². The second-order valence-electron chi connectivity index (χ2n) is 5.26. The summed E-state index contributed by atoms with van der Waals surface area (Å²) in [4.78, 5) is 8.84. The Balaban J connectivity index is 1.95. The van der Waals surface area contributed by atoms with Crippen molar-refractivity contribution in [3.05, 3.63) is 67.0 Å². The summed E-state index contributed by atoms with van der Waals surface area (Å²) in [6.45, 7) is 0. The number of nitrogens with one attached hydrogen (secondary N) is 1. The van der Waals surface area contributed by atoms with Crippen LogP contribution < -0.4 is 10.1 Å². The molecule has 0 atom stereocenters. The topological polar surface area (TPSA) is 47.0 Å². The molecule has 4 rings (SSSR count). The molecule has 4 aromatic rings. The molecule has 1 aromatic heterocycles. The zero-order valence-corrected chi connectivity index (χ0v) is 12.7. The van der Waals surface area contributed by atoms with Crippen molar-refractivity contribution in [1.82, 2.24) is 9.97 Å². The quantitative estimate of drug-likeness (QED) is 0.565. The van der Waals surface area contributed by atoms with Crippen LogP contribution in [-0.2, 0) is 0 Å². The van der Waals surface area contributed by atoms with E-state index >= 15 is 0 Å². The van der Waals surface area contributed by atoms with Gasteiger partial charge in [0.05, 0.1) is 18.0 Å². The van der Waals surface area contributed by atoms with Crippen LogP contribution in [0.2, 0.25) is 0 Å². The number of rotatable bonds is 3. The van der Waals surface area contributed by atoms with Crippen LogP contribution in [0.25, 0.3) is 21.7 Å². The van der Waals surface area contributed by atoms with E-state index in [0.29, 0.717) is 0 Å². The molecule has 4 nitrogen and oxygen atoms in total. The Kier molecular flexibility index (Phi) is 3.27. The second kappa shape index (κ2) is 5.57. The van der Waals surface area contributed by atoms with Crippen molar-refractivity contribution in [3.63, 3.8) is 0 Å². The van der Waals surface area contributed by atoms with Gasteiger partial charge in [0.25, 0.3) is 0 Å². The number of benzene rings is 3. The summed E-state index contributed by atoms with van der Waals surface area (Å²) >= 11 is 0. The van der Waals surface area contributed by atoms with E-state index in [1.165, 1.54) is 0 Å². The van der Waals surface area contributed by atoms with Gasteiger partial charge in [-0.1, -0.05) is 24.3 Å². The molecule has 0 amide bonds. The SMILES string of the molecule is COc1ccc2c(ccc3ncnc(Nc4ccccc4)c32)c1. The molecule has 0 fully saturated rings. The maximum absolute atomic E-state index is 5.31. The van der Waals surface area contributed by atoms with Gasteiger partial charge in [0, 0.05) is 5.69 Å². The van der Waals surface area contributed by atoms with Crippen molar-refractivity contribution in [2.24, 2.45) is 0 Å². The lowest BCUT2D eigenvalue weighted by atomic mass is 10.0. The molecule has 0 unspecified atom stereocenters. The van der Waals surface area contributed by atoms with Crippen molar-refractivity contribution in [2.75, 3.05) is 12.4 Å². The number of fused-ring (bicyclic) bond motifs is 3. The minimum Gasteiger partial charge on any atom is -0.497 e. The molecule has 3 aromatic carbocycles. The standard InChI is InChI=1S/C19H15N3O/c1-23-15-8-9-16-13(11-15)7-10-17-18(16)19(21-12-20-17)22-14-5-3-2-4-6-14/h2-12H,1H3,(H,20,21,22). The number of nitrogens with zero attached hydrogens (tertiary/aromatic N) is 2. The van der Waals surface area contributed by atoms with Crippen molar-refractivity contribution in [3.8, 4) is 5.75 Å². The smallest absolute Gasteiger partial charge is 0.142 e. The summed E-state index contributed by atoms with van der Waals surface area (Å²) in [7, 11) is 1.67. The highest BCUT2D eigenvalue weighted by Crippen LogP contribution is 2.32. The van der Waals surface area contributed by atoms with Crippen molar-refractivity contribution in [2.45, 2.75) is 0 Å². The van der Waals surface area contributed by atoms with E-state index in [2.05, 4.69) is 27.4 Å². The largest absolute Gasteiger partial charge is 0.497 e. The third-order valence-electron chi connectivity index (χ3n) is 3.86. The molecule has 0 bridgehead atoms. The van der Waals surface area contributed by atoms with Gasteiger partial charge in [0.1, 0.15) is 17.9 Å². The van der Waals surface area contributed by atoms with Gasteiger partial charge >= 0.3 is 0 Å². The van der Waals surface area contributed by atoms with E-state index in [1.54, 1.807) is 13.4 Å². The molecule has 0 aliphatic carbocycles. The summed E-state index contributed by atoms with van der Waals surface area (Å²) in [6, 6.07) is 20.1. The first-order valence-corrected chi connectivity index (χ1v) is 7.39. The Hall–Kier alpha value is -3.14. The lowest BCUT2D eigenvalue weighted by Gasteiger charge is -2.11. The van der Waals surface area contributed by atoms with Gasteiger partial charge in [0.15, 0.2) is 0 Å². The van der Waals surface area contributed by atoms with Crippen LogP contribution in [0, 0.1) is 0 Å². The summed E-state index contributed by atoms with van der Waals surface area (Å²) in [5.41, 5.74) is 1.91. The predicted octanol–water partition coefficient (Wildman–Crippen LogP) is 4.54. The maximum atomic E-state index is 5.31. The molecule has 1 N–H and O–H groups in total. The molecular formula is C19H15N3O. The number of para-hydroxylation sites is 1. The van der Waals surface area contributed by atoms with Gasteiger partial charge < -0.3 is 10.1 Å². The number of hydrogen-bond donors (Lipinski definition) is 1. The lowest BCUT2D eigenvalue weighted by molar-refractivity contribution is 0.415. The van der Waals surface area contributed by atoms with Crippen molar-refractivity contribution < 1.29 is 4.74 Å². The summed E-state index contributed by atoms with van der Waals surface area (Å²) in [5, 5.41) is 6.60. The Morgan fingerprint density at radius 2 is 1.78 bits per heavy atom. The number of aromatic nitrogens is 2. The van der Waals surface area contributed by atoms with Gasteiger partial charge in [-0.25, -0.2) is 9.97 Å². The van der Waals surface area contributed by atoms with Crippen LogP contribution in [0.5, 0.6) is 5.75 Å². The summed E-state index contributed by atoms with van der Waals surface area (Å²) in [5.74, 6) is 1.64. The number of ether oxygens (including phenoxy) is 1. The average molecular weight is 301 g/mol. The minimum atomic E-state index is 0.803. The van der Waals surface area contributed by atoms with E-state index in [4.69, 9.17) is 4.74 Å². The fourth-order valence-corrected chi connectivity index (χ4v) is 2.75. The van der Waals surface area contributed by atoms with Crippen LogP contribution in [0.15, 0.2) is 67.0 Å². The first kappa shape index (κ1) is 13.5. The van der Waals surface area contributed by atoms with Crippen LogP contribution in [0.3, 0.4) is 0 Å². The van der Waals surface area contributed by atoms with Gasteiger partial charge in [-0.3, -0.25) is 0 Å². The van der Waals surface area contributed by atoms with Gasteiger partial charge in [-0.2, -0.15) is 0 Å². The van der Waals surface area contributed by atoms with E-state index in [1.807, 2.05) is 48.5 Å². The fourth-order valence-electron chi connectivity index (χ4n) is 2.75. The molecule has 112 valence electrons. The minimum absolute atomic E-state index is 0.803. The number of hydrogen-bond acceptors (Lipinski definition) is 4. The molecule has 0 radical (unpaired) electrons. The highest BCUT2D eigenvalue weighted by Gasteiger charge is 2.09. The van der Waals surface area contributed by atoms with E-state index in [-0.39, 0.29) is 0 Å². The van der Waals surface area contributed by atoms with E-state index in [0.717, 1.165) is 38.9 Å². The number of methoxy groups -OCH3 is 1. The third-order valence-corrected chi connectivity index (χ3v) is 3.86. The summed E-state index contributed by atoms with van der Waals surface area (Å²) < 4.78 is 5.31. The zero-order valence-electron chi connectivity index (χ0n) is 12.7. The van der Waals surface area contributed by atoms with E-state index in [9.17, 15) is 0 Å². The highest BCUT2D eigenvalue weighted by atomic mass is 16.5. The molecule has 0 saturated heterocycles. The van der Waals surface area contributed by atoms with Crippen LogP contribution in [0.1, 0.15) is 0 Å². The lowest BCUT2D eigenvalue weighted by Crippen LogP contribution is -1.96. The molecule has 0 aliphatic rings. The molecule has 0 spiro atoms. The van der Waals surface area contributed by atoms with Gasteiger partial charge in [0.2, 0.25) is 0 Å². The van der Waals surface area contributed by atoms with Gasteiger partial charge in [-0.05, 0) is 47.2 Å². The first-order chi connectivity index (χ1) is 11.3. The molecule has 1 heterocycles. The second-order valence-corrected chi connectivity index (χ2v) is 5.26. The molecule has 4 heteroatoms. The Morgan fingerprint density at radius 1 is 0.913 bits per heavy atom. The van der Waals surface area contributed by atoms with E-state index < -0.39 is 0 Å². The fraction of sp³-hybridized carbons (Fsp3) is 0.0526. The predicted molar refractivity (Wildman–Crippen MR) is 93.3 cm³/mol. The highest BCUT2D eigenvalue weighted by molar-refractivity contribution is 6.11. The number of anilines is 2. The van der Waals surface area contributed by atoms with Crippen LogP contribution in [-0.4, -0.2) is 17.1 Å². The zero-order chi connectivity index (χ0) is 15.6. The van der Waals surface area contributed by atoms with Crippen LogP contribution in [0.4, 0.5) is 11.5 Å². The monoisotopic (exact) mass is 301 g/mol. The average Bonchev–Trinajstić information content (AvgIpc) is 2.62. The normalized spacial score (nSPS) is 10.8. The summed E-state index contributed by atoms with van der Waals surface area (Å²) in [6.07, 6.45) is 1.59. The Bertz CT molecular complexity index is 984. The van der Waals surface area contributed by atoms with Crippen LogP contribution >= 0.6 is 0 Å². The first-order valence-electron chi connectivity index (χ1n) is 7.39. The van der Waals surface area contributed by atoms with Crippen molar-refractivity contribution >= 4 is 33.2 Å². The third kappa shape index (κ3) is 2.44. The molecule has 23 heavy (non-hydrogen) atoms. The Morgan fingerprint density at radius 3 is 2.61 bits per heavy atom. The molecular weight excluding hydrogens is 286 g/mol.